The number of nitrogens with zero attached hydrogens (tertiary/aromatic N) is 1. The lowest BCUT2D eigenvalue weighted by molar-refractivity contribution is 0.0697. The van der Waals surface area contributed by atoms with Crippen LogP contribution in [0.5, 0.6) is 5.75 Å². The molecule has 0 unspecified atom stereocenters. The van der Waals surface area contributed by atoms with E-state index in [1.54, 1.807) is 25.3 Å². The molecule has 0 aliphatic heterocycles. The van der Waals surface area contributed by atoms with Crippen molar-refractivity contribution in [2.75, 3.05) is 12.4 Å². The van der Waals surface area contributed by atoms with E-state index in [2.05, 4.69) is 10.3 Å². The predicted octanol–water partition coefficient (Wildman–Crippen LogP) is 3.99. The number of fused-ring (bicyclic) bond motifs is 1. The van der Waals surface area contributed by atoms with Gasteiger partial charge in [0.15, 0.2) is 0 Å². The number of hydrogen-bond donors (Lipinski definition) is 2. The van der Waals surface area contributed by atoms with Crippen LogP contribution in [-0.4, -0.2) is 23.2 Å². The zero-order chi connectivity index (χ0) is 16.4. The number of benzene rings is 2. The van der Waals surface area contributed by atoms with E-state index in [1.807, 2.05) is 37.3 Å². The van der Waals surface area contributed by atoms with Gasteiger partial charge in [0.2, 0.25) is 0 Å². The van der Waals surface area contributed by atoms with E-state index in [0.717, 1.165) is 22.3 Å². The summed E-state index contributed by atoms with van der Waals surface area (Å²) in [6, 6.07) is 14.3. The van der Waals surface area contributed by atoms with Gasteiger partial charge < -0.3 is 15.2 Å². The van der Waals surface area contributed by atoms with E-state index >= 15 is 0 Å². The number of aryl methyl sites for hydroxylation is 1. The molecule has 3 rings (SSSR count). The Hall–Kier alpha value is -3.08. The summed E-state index contributed by atoms with van der Waals surface area (Å²) in [6.45, 7) is 1.91. The number of carboxylic acids is 1. The first-order valence-corrected chi connectivity index (χ1v) is 7.13. The third-order valence-electron chi connectivity index (χ3n) is 3.54. The SMILES string of the molecule is COc1cccc2c(Nc3cccc(C(=O)O)c3)cc(C)nc12. The van der Waals surface area contributed by atoms with Crippen LogP contribution in [0.15, 0.2) is 48.5 Å². The standard InChI is InChI=1S/C18H16N2O3/c1-11-9-15(14-7-4-8-16(23-2)17(14)19-11)20-13-6-3-5-12(10-13)18(21)22/h3-10H,1-2H3,(H,19,20)(H,21,22). The molecule has 2 N–H and O–H groups in total. The van der Waals surface area contributed by atoms with Gasteiger partial charge in [-0.3, -0.25) is 0 Å². The fraction of sp³-hybridized carbons (Fsp3) is 0.111. The smallest absolute Gasteiger partial charge is 0.335 e. The van der Waals surface area contributed by atoms with E-state index in [-0.39, 0.29) is 5.56 Å². The molecule has 0 saturated heterocycles. The minimum atomic E-state index is -0.953. The first-order valence-electron chi connectivity index (χ1n) is 7.13. The van der Waals surface area contributed by atoms with Crippen molar-refractivity contribution >= 4 is 28.2 Å². The Kier molecular flexibility index (Phi) is 3.85. The minimum Gasteiger partial charge on any atom is -0.494 e. The van der Waals surface area contributed by atoms with Gasteiger partial charge in [-0.2, -0.15) is 0 Å². The number of aromatic nitrogens is 1. The minimum absolute atomic E-state index is 0.239. The number of rotatable bonds is 4. The van der Waals surface area contributed by atoms with Gasteiger partial charge in [-0.25, -0.2) is 9.78 Å². The number of anilines is 2. The van der Waals surface area contributed by atoms with Crippen LogP contribution in [0.3, 0.4) is 0 Å². The highest BCUT2D eigenvalue weighted by Crippen LogP contribution is 2.31. The summed E-state index contributed by atoms with van der Waals surface area (Å²) in [4.78, 5) is 15.6. The lowest BCUT2D eigenvalue weighted by atomic mass is 10.1. The highest BCUT2D eigenvalue weighted by molar-refractivity contribution is 5.97. The third kappa shape index (κ3) is 2.94. The second-order valence-corrected chi connectivity index (χ2v) is 5.18. The number of carbonyl (C=O) groups is 1. The van der Waals surface area contributed by atoms with Crippen molar-refractivity contribution in [3.8, 4) is 5.75 Å². The number of carboxylic acid groups (broad SMARTS) is 1. The number of para-hydroxylation sites is 1. The van der Waals surface area contributed by atoms with Crippen LogP contribution in [0.25, 0.3) is 10.9 Å². The Bertz CT molecular complexity index is 891. The van der Waals surface area contributed by atoms with Gasteiger partial charge in [0, 0.05) is 22.5 Å². The lowest BCUT2D eigenvalue weighted by Crippen LogP contribution is -1.99. The van der Waals surface area contributed by atoms with Crippen molar-refractivity contribution in [3.05, 3.63) is 59.8 Å². The molecule has 5 heteroatoms. The van der Waals surface area contributed by atoms with Crippen molar-refractivity contribution in [1.82, 2.24) is 4.98 Å². The van der Waals surface area contributed by atoms with Gasteiger partial charge in [0.1, 0.15) is 11.3 Å². The molecule has 23 heavy (non-hydrogen) atoms. The Morgan fingerprint density at radius 2 is 1.96 bits per heavy atom. The van der Waals surface area contributed by atoms with Gasteiger partial charge in [0.25, 0.3) is 0 Å². The van der Waals surface area contributed by atoms with Crippen LogP contribution in [0.2, 0.25) is 0 Å². The zero-order valence-corrected chi connectivity index (χ0v) is 12.8. The van der Waals surface area contributed by atoms with E-state index in [0.29, 0.717) is 11.4 Å². The molecular formula is C18H16N2O3. The largest absolute Gasteiger partial charge is 0.494 e. The molecule has 0 fully saturated rings. The fourth-order valence-electron chi connectivity index (χ4n) is 2.50. The van der Waals surface area contributed by atoms with Crippen molar-refractivity contribution in [2.45, 2.75) is 6.92 Å². The highest BCUT2D eigenvalue weighted by atomic mass is 16.5. The molecule has 3 aromatic rings. The second-order valence-electron chi connectivity index (χ2n) is 5.18. The molecule has 1 heterocycles. The van der Waals surface area contributed by atoms with E-state index in [1.165, 1.54) is 0 Å². The molecule has 0 aliphatic carbocycles. The predicted molar refractivity (Wildman–Crippen MR) is 89.7 cm³/mol. The molecule has 1 aromatic heterocycles. The zero-order valence-electron chi connectivity index (χ0n) is 12.8. The van der Waals surface area contributed by atoms with Crippen molar-refractivity contribution in [2.24, 2.45) is 0 Å². The monoisotopic (exact) mass is 308 g/mol. The van der Waals surface area contributed by atoms with Crippen LogP contribution in [0, 0.1) is 6.92 Å². The highest BCUT2D eigenvalue weighted by Gasteiger charge is 2.10. The summed E-state index contributed by atoms with van der Waals surface area (Å²) in [5, 5.41) is 13.3. The number of ether oxygens (including phenoxy) is 1. The number of nitrogens with one attached hydrogen (secondary N) is 1. The molecule has 0 spiro atoms. The second kappa shape index (κ2) is 5.96. The van der Waals surface area contributed by atoms with E-state index in [9.17, 15) is 4.79 Å². The van der Waals surface area contributed by atoms with Crippen LogP contribution >= 0.6 is 0 Å². The topological polar surface area (TPSA) is 71.5 Å². The molecule has 5 nitrogen and oxygen atoms in total. The van der Waals surface area contributed by atoms with Gasteiger partial charge >= 0.3 is 5.97 Å². The molecule has 116 valence electrons. The van der Waals surface area contributed by atoms with Gasteiger partial charge in [-0.1, -0.05) is 18.2 Å². The number of pyridine rings is 1. The van der Waals surface area contributed by atoms with Crippen LogP contribution in [0.1, 0.15) is 16.1 Å². The molecule has 0 radical (unpaired) electrons. The lowest BCUT2D eigenvalue weighted by Gasteiger charge is -2.13. The van der Waals surface area contributed by atoms with Crippen molar-refractivity contribution < 1.29 is 14.6 Å². The first-order chi connectivity index (χ1) is 11.1. The summed E-state index contributed by atoms with van der Waals surface area (Å²) in [6.07, 6.45) is 0. The molecule has 0 atom stereocenters. The number of methoxy groups -OCH3 is 1. The summed E-state index contributed by atoms with van der Waals surface area (Å²) in [5.74, 6) is -0.250. The number of aromatic carboxylic acids is 1. The van der Waals surface area contributed by atoms with Crippen LogP contribution in [0.4, 0.5) is 11.4 Å². The molecular weight excluding hydrogens is 292 g/mol. The quantitative estimate of drug-likeness (QED) is 0.762. The first kappa shape index (κ1) is 14.8. The van der Waals surface area contributed by atoms with E-state index in [4.69, 9.17) is 9.84 Å². The maximum Gasteiger partial charge on any atom is 0.335 e. The van der Waals surface area contributed by atoms with Gasteiger partial charge in [-0.15, -0.1) is 0 Å². The fourth-order valence-corrected chi connectivity index (χ4v) is 2.50. The molecule has 0 saturated carbocycles. The number of hydrogen-bond acceptors (Lipinski definition) is 4. The summed E-state index contributed by atoms with van der Waals surface area (Å²) >= 11 is 0. The normalized spacial score (nSPS) is 10.5. The average molecular weight is 308 g/mol. The Labute approximate surface area is 133 Å². The maximum atomic E-state index is 11.1. The Morgan fingerprint density at radius 1 is 1.17 bits per heavy atom. The molecule has 0 bridgehead atoms. The molecule has 2 aromatic carbocycles. The Morgan fingerprint density at radius 3 is 2.70 bits per heavy atom. The van der Waals surface area contributed by atoms with Crippen molar-refractivity contribution in [1.29, 1.82) is 0 Å². The van der Waals surface area contributed by atoms with Crippen molar-refractivity contribution in [3.63, 3.8) is 0 Å². The Balaban J connectivity index is 2.10. The van der Waals surface area contributed by atoms with Crippen LogP contribution in [-0.2, 0) is 0 Å². The average Bonchev–Trinajstić information content (AvgIpc) is 2.54. The molecule has 0 aliphatic rings. The van der Waals surface area contributed by atoms with E-state index < -0.39 is 5.97 Å². The summed E-state index contributed by atoms with van der Waals surface area (Å²) in [5.41, 5.74) is 3.42. The van der Waals surface area contributed by atoms with Gasteiger partial charge in [0.05, 0.1) is 12.7 Å². The maximum absolute atomic E-state index is 11.1. The van der Waals surface area contributed by atoms with Gasteiger partial charge in [-0.05, 0) is 37.3 Å². The summed E-state index contributed by atoms with van der Waals surface area (Å²) in [7, 11) is 1.61. The molecule has 0 amide bonds. The van der Waals surface area contributed by atoms with Crippen LogP contribution < -0.4 is 10.1 Å². The third-order valence-corrected chi connectivity index (χ3v) is 3.54. The summed E-state index contributed by atoms with van der Waals surface area (Å²) < 4.78 is 5.37.